The van der Waals surface area contributed by atoms with Gasteiger partial charge in [0.2, 0.25) is 5.89 Å². The van der Waals surface area contributed by atoms with E-state index in [9.17, 15) is 10.2 Å². The molecule has 2 N–H and O–H groups in total. The Bertz CT molecular complexity index is 386. The third kappa shape index (κ3) is 3.28. The first kappa shape index (κ1) is 13.5. The van der Waals surface area contributed by atoms with Crippen molar-refractivity contribution in [2.45, 2.75) is 32.2 Å². The number of hydrogen-bond donors (Lipinski definition) is 2. The van der Waals surface area contributed by atoms with E-state index in [-0.39, 0.29) is 13.2 Å². The Morgan fingerprint density at radius 1 is 1.39 bits per heavy atom. The largest absolute Gasteiger partial charge is 0.396 e. The van der Waals surface area contributed by atoms with Gasteiger partial charge in [-0.05, 0) is 19.9 Å². The van der Waals surface area contributed by atoms with E-state index in [1.165, 1.54) is 0 Å². The Hall–Kier alpha value is -0.980. The topological polar surface area (TPSA) is 82.6 Å². The SMILES string of the molecule is CN(Cc1noc(C2CC2)n1)CC(C)(CO)CO. The van der Waals surface area contributed by atoms with Gasteiger partial charge in [0.15, 0.2) is 5.82 Å². The normalized spacial score (nSPS) is 16.5. The van der Waals surface area contributed by atoms with Crippen molar-refractivity contribution in [1.29, 1.82) is 0 Å². The third-order valence-corrected chi connectivity index (χ3v) is 3.24. The van der Waals surface area contributed by atoms with Crippen molar-refractivity contribution in [3.8, 4) is 0 Å². The average molecular weight is 255 g/mol. The second kappa shape index (κ2) is 5.34. The second-order valence-corrected chi connectivity index (χ2v) is 5.62. The van der Waals surface area contributed by atoms with Crippen molar-refractivity contribution < 1.29 is 14.7 Å². The number of rotatable bonds is 7. The molecule has 0 unspecified atom stereocenters. The molecule has 2 rings (SSSR count). The number of aromatic nitrogens is 2. The highest BCUT2D eigenvalue weighted by Crippen LogP contribution is 2.38. The first-order valence-corrected chi connectivity index (χ1v) is 6.29. The minimum atomic E-state index is -0.502. The zero-order valence-corrected chi connectivity index (χ0v) is 11.0. The molecule has 0 atom stereocenters. The fourth-order valence-electron chi connectivity index (χ4n) is 1.93. The summed E-state index contributed by atoms with van der Waals surface area (Å²) in [7, 11) is 1.91. The molecule has 1 heterocycles. The molecule has 1 aliphatic rings. The standard InChI is InChI=1S/C12H21N3O3/c1-12(7-16,8-17)6-15(2)5-10-13-11(18-14-10)9-3-4-9/h9,16-17H,3-8H2,1-2H3. The van der Waals surface area contributed by atoms with Gasteiger partial charge < -0.3 is 14.7 Å². The predicted molar refractivity (Wildman–Crippen MR) is 64.9 cm³/mol. The van der Waals surface area contributed by atoms with Crippen LogP contribution in [-0.4, -0.2) is 52.1 Å². The van der Waals surface area contributed by atoms with Gasteiger partial charge in [-0.2, -0.15) is 4.98 Å². The maximum Gasteiger partial charge on any atom is 0.229 e. The molecule has 1 aromatic rings. The van der Waals surface area contributed by atoms with Gasteiger partial charge in [0, 0.05) is 17.9 Å². The molecule has 6 nitrogen and oxygen atoms in total. The molecule has 1 aromatic heterocycles. The molecule has 0 aromatic carbocycles. The molecule has 1 fully saturated rings. The molecule has 1 saturated carbocycles. The van der Waals surface area contributed by atoms with Gasteiger partial charge in [-0.15, -0.1) is 0 Å². The minimum Gasteiger partial charge on any atom is -0.396 e. The summed E-state index contributed by atoms with van der Waals surface area (Å²) in [5, 5.41) is 22.4. The van der Waals surface area contributed by atoms with Crippen LogP contribution in [0.5, 0.6) is 0 Å². The molecule has 18 heavy (non-hydrogen) atoms. The van der Waals surface area contributed by atoms with E-state index in [4.69, 9.17) is 4.52 Å². The van der Waals surface area contributed by atoms with Crippen molar-refractivity contribution >= 4 is 0 Å². The van der Waals surface area contributed by atoms with Crippen LogP contribution in [0.4, 0.5) is 0 Å². The van der Waals surface area contributed by atoms with Crippen LogP contribution in [0.2, 0.25) is 0 Å². The Kier molecular flexibility index (Phi) is 3.99. The fourth-order valence-corrected chi connectivity index (χ4v) is 1.93. The van der Waals surface area contributed by atoms with Crippen LogP contribution >= 0.6 is 0 Å². The summed E-state index contributed by atoms with van der Waals surface area (Å²) in [4.78, 5) is 6.33. The second-order valence-electron chi connectivity index (χ2n) is 5.62. The molecule has 102 valence electrons. The highest BCUT2D eigenvalue weighted by Gasteiger charge is 2.30. The van der Waals surface area contributed by atoms with E-state index in [2.05, 4.69) is 10.1 Å². The Morgan fingerprint density at radius 3 is 2.61 bits per heavy atom. The molecule has 0 saturated heterocycles. The van der Waals surface area contributed by atoms with E-state index in [1.807, 2.05) is 18.9 Å². The van der Waals surface area contributed by atoms with Gasteiger partial charge in [-0.1, -0.05) is 12.1 Å². The highest BCUT2D eigenvalue weighted by atomic mass is 16.5. The zero-order valence-electron chi connectivity index (χ0n) is 11.0. The smallest absolute Gasteiger partial charge is 0.229 e. The molecule has 0 amide bonds. The maximum atomic E-state index is 9.25. The highest BCUT2D eigenvalue weighted by molar-refractivity contribution is 5.01. The van der Waals surface area contributed by atoms with Gasteiger partial charge in [0.1, 0.15) is 0 Å². The molecule has 0 bridgehead atoms. The summed E-state index contributed by atoms with van der Waals surface area (Å²) in [6.07, 6.45) is 2.29. The summed E-state index contributed by atoms with van der Waals surface area (Å²) < 4.78 is 5.19. The third-order valence-electron chi connectivity index (χ3n) is 3.24. The molecular weight excluding hydrogens is 234 g/mol. The lowest BCUT2D eigenvalue weighted by atomic mass is 9.92. The van der Waals surface area contributed by atoms with Gasteiger partial charge in [0.25, 0.3) is 0 Å². The monoisotopic (exact) mass is 255 g/mol. The lowest BCUT2D eigenvalue weighted by Crippen LogP contribution is -2.38. The lowest BCUT2D eigenvalue weighted by Gasteiger charge is -2.29. The van der Waals surface area contributed by atoms with E-state index in [0.717, 1.165) is 18.7 Å². The van der Waals surface area contributed by atoms with Crippen LogP contribution in [0.25, 0.3) is 0 Å². The zero-order chi connectivity index (χ0) is 13.2. The van der Waals surface area contributed by atoms with Gasteiger partial charge in [-0.3, -0.25) is 4.90 Å². The summed E-state index contributed by atoms with van der Waals surface area (Å²) in [6, 6.07) is 0. The first-order valence-electron chi connectivity index (χ1n) is 6.29. The van der Waals surface area contributed by atoms with Crippen LogP contribution in [0.1, 0.15) is 37.4 Å². The van der Waals surface area contributed by atoms with Crippen LogP contribution in [0.15, 0.2) is 4.52 Å². The van der Waals surface area contributed by atoms with Crippen molar-refractivity contribution in [2.75, 3.05) is 26.8 Å². The lowest BCUT2D eigenvalue weighted by molar-refractivity contribution is 0.0394. The Balaban J connectivity index is 1.87. The summed E-state index contributed by atoms with van der Waals surface area (Å²) in [5.41, 5.74) is -0.502. The van der Waals surface area contributed by atoms with Crippen molar-refractivity contribution in [2.24, 2.45) is 5.41 Å². The summed E-state index contributed by atoms with van der Waals surface area (Å²) in [5.74, 6) is 1.87. The number of nitrogens with zero attached hydrogens (tertiary/aromatic N) is 3. The van der Waals surface area contributed by atoms with E-state index in [0.29, 0.717) is 24.8 Å². The number of hydrogen-bond acceptors (Lipinski definition) is 6. The fraction of sp³-hybridized carbons (Fsp3) is 0.833. The first-order chi connectivity index (χ1) is 8.56. The Morgan fingerprint density at radius 2 is 2.06 bits per heavy atom. The minimum absolute atomic E-state index is 0.0482. The van der Waals surface area contributed by atoms with Gasteiger partial charge in [-0.25, -0.2) is 0 Å². The summed E-state index contributed by atoms with van der Waals surface area (Å²) in [6.45, 7) is 2.88. The van der Waals surface area contributed by atoms with Gasteiger partial charge in [0.05, 0.1) is 19.8 Å². The Labute approximate surface area is 107 Å². The van der Waals surface area contributed by atoms with E-state index >= 15 is 0 Å². The van der Waals surface area contributed by atoms with Gasteiger partial charge >= 0.3 is 0 Å². The average Bonchev–Trinajstić information content (AvgIpc) is 3.10. The van der Waals surface area contributed by atoms with Crippen molar-refractivity contribution in [3.05, 3.63) is 11.7 Å². The molecule has 0 aliphatic heterocycles. The maximum absolute atomic E-state index is 9.25. The van der Waals surface area contributed by atoms with Crippen LogP contribution in [0.3, 0.4) is 0 Å². The van der Waals surface area contributed by atoms with Crippen molar-refractivity contribution in [3.63, 3.8) is 0 Å². The van der Waals surface area contributed by atoms with Crippen LogP contribution in [-0.2, 0) is 6.54 Å². The molecule has 0 radical (unpaired) electrons. The van der Waals surface area contributed by atoms with Crippen LogP contribution in [0, 0.1) is 5.41 Å². The van der Waals surface area contributed by atoms with Crippen LogP contribution < -0.4 is 0 Å². The van der Waals surface area contributed by atoms with Crippen molar-refractivity contribution in [1.82, 2.24) is 15.0 Å². The summed E-state index contributed by atoms with van der Waals surface area (Å²) >= 11 is 0. The molecule has 6 heteroatoms. The van der Waals surface area contributed by atoms with E-state index in [1.54, 1.807) is 0 Å². The molecule has 0 spiro atoms. The van der Waals surface area contributed by atoms with E-state index < -0.39 is 5.41 Å². The molecular formula is C12H21N3O3. The quantitative estimate of drug-likeness (QED) is 0.732. The number of aliphatic hydroxyl groups is 2. The predicted octanol–water partition coefficient (Wildman–Crippen LogP) is 0.370. The molecule has 1 aliphatic carbocycles. The number of aliphatic hydroxyl groups excluding tert-OH is 2.